The molecule has 0 atom stereocenters. The predicted octanol–water partition coefficient (Wildman–Crippen LogP) is 3.17. The zero-order chi connectivity index (χ0) is 9.54. The van der Waals surface area contributed by atoms with Gasteiger partial charge >= 0.3 is 0 Å². The van der Waals surface area contributed by atoms with Crippen LogP contribution in [0.15, 0.2) is 46.9 Å². The number of hydrogen-bond acceptors (Lipinski definition) is 2. The lowest BCUT2D eigenvalue weighted by atomic mass is 10.1. The van der Waals surface area contributed by atoms with E-state index in [2.05, 4.69) is 18.2 Å². The third-order valence-electron chi connectivity index (χ3n) is 2.40. The van der Waals surface area contributed by atoms with Gasteiger partial charge in [0.2, 0.25) is 0 Å². The van der Waals surface area contributed by atoms with E-state index in [-0.39, 0.29) is 0 Å². The minimum atomic E-state index is 0.468. The summed E-state index contributed by atoms with van der Waals surface area (Å²) in [6, 6.07) is 14.1. The molecule has 0 aliphatic rings. The summed E-state index contributed by atoms with van der Waals surface area (Å²) < 4.78 is 5.35. The van der Waals surface area contributed by atoms with Crippen molar-refractivity contribution in [3.63, 3.8) is 0 Å². The zero-order valence-corrected chi connectivity index (χ0v) is 7.53. The van der Waals surface area contributed by atoms with Crippen LogP contribution in [0, 0.1) is 0 Å². The smallest absolute Gasteiger partial charge is 0.191 e. The fourth-order valence-corrected chi connectivity index (χ4v) is 1.75. The van der Waals surface area contributed by atoms with Crippen molar-refractivity contribution in [3.8, 4) is 0 Å². The number of nitrogens with two attached hydrogens (primary N) is 1. The molecule has 2 N–H and O–H groups in total. The molecule has 3 rings (SSSR count). The Kier molecular flexibility index (Phi) is 1.34. The van der Waals surface area contributed by atoms with Gasteiger partial charge in [-0.05, 0) is 22.9 Å². The van der Waals surface area contributed by atoms with Crippen molar-refractivity contribution < 1.29 is 4.42 Å². The van der Waals surface area contributed by atoms with Crippen molar-refractivity contribution in [3.05, 3.63) is 42.5 Å². The Morgan fingerprint density at radius 2 is 1.57 bits per heavy atom. The van der Waals surface area contributed by atoms with E-state index in [4.69, 9.17) is 10.2 Å². The summed E-state index contributed by atoms with van der Waals surface area (Å²) >= 11 is 0. The first-order chi connectivity index (χ1) is 6.83. The van der Waals surface area contributed by atoms with Gasteiger partial charge in [-0.2, -0.15) is 0 Å². The zero-order valence-electron chi connectivity index (χ0n) is 7.53. The Labute approximate surface area is 80.9 Å². The maximum absolute atomic E-state index is 5.59. The molecule has 2 aromatic carbocycles. The molecule has 1 aromatic heterocycles. The molecule has 0 amide bonds. The molecule has 0 aliphatic carbocycles. The van der Waals surface area contributed by atoms with Gasteiger partial charge < -0.3 is 10.2 Å². The lowest BCUT2D eigenvalue weighted by Gasteiger charge is -1.95. The number of fused-ring (bicyclic) bond motifs is 2. The fourth-order valence-electron chi connectivity index (χ4n) is 1.75. The summed E-state index contributed by atoms with van der Waals surface area (Å²) in [4.78, 5) is 0. The second kappa shape index (κ2) is 2.51. The molecule has 14 heavy (non-hydrogen) atoms. The summed E-state index contributed by atoms with van der Waals surface area (Å²) in [7, 11) is 0. The van der Waals surface area contributed by atoms with E-state index in [9.17, 15) is 0 Å². The van der Waals surface area contributed by atoms with Crippen molar-refractivity contribution in [1.82, 2.24) is 0 Å². The van der Waals surface area contributed by atoms with Crippen LogP contribution in [0.3, 0.4) is 0 Å². The first kappa shape index (κ1) is 7.44. The van der Waals surface area contributed by atoms with Gasteiger partial charge in [-0.3, -0.25) is 0 Å². The highest BCUT2D eigenvalue weighted by Crippen LogP contribution is 2.26. The van der Waals surface area contributed by atoms with Gasteiger partial charge in [-0.25, -0.2) is 0 Å². The van der Waals surface area contributed by atoms with Gasteiger partial charge in [0.15, 0.2) is 5.88 Å². The van der Waals surface area contributed by atoms with Crippen molar-refractivity contribution in [2.24, 2.45) is 0 Å². The number of anilines is 1. The van der Waals surface area contributed by atoms with Gasteiger partial charge in [-0.1, -0.05) is 24.3 Å². The van der Waals surface area contributed by atoms with E-state index in [1.165, 1.54) is 10.8 Å². The molecule has 0 saturated carbocycles. The summed E-state index contributed by atoms with van der Waals surface area (Å²) in [6.07, 6.45) is 0. The summed E-state index contributed by atoms with van der Waals surface area (Å²) in [5.41, 5.74) is 6.43. The molecule has 1 heterocycles. The summed E-state index contributed by atoms with van der Waals surface area (Å²) in [6.45, 7) is 0. The van der Waals surface area contributed by atoms with Crippen LogP contribution in [0.4, 0.5) is 5.88 Å². The van der Waals surface area contributed by atoms with E-state index in [1.54, 1.807) is 0 Å². The van der Waals surface area contributed by atoms with Crippen molar-refractivity contribution in [2.45, 2.75) is 0 Å². The third-order valence-corrected chi connectivity index (χ3v) is 2.40. The van der Waals surface area contributed by atoms with E-state index in [0.29, 0.717) is 5.88 Å². The summed E-state index contributed by atoms with van der Waals surface area (Å²) in [5, 5.41) is 3.44. The van der Waals surface area contributed by atoms with Crippen LogP contribution in [0.5, 0.6) is 0 Å². The number of hydrogen-bond donors (Lipinski definition) is 1. The van der Waals surface area contributed by atoms with E-state index >= 15 is 0 Å². The lowest BCUT2D eigenvalue weighted by Crippen LogP contribution is -1.75. The number of benzene rings is 2. The van der Waals surface area contributed by atoms with Crippen molar-refractivity contribution in [1.29, 1.82) is 0 Å². The largest absolute Gasteiger partial charge is 0.441 e. The Bertz CT molecular complexity index is 557. The van der Waals surface area contributed by atoms with Crippen LogP contribution in [0.1, 0.15) is 0 Å². The maximum atomic E-state index is 5.59. The highest BCUT2D eigenvalue weighted by atomic mass is 16.3. The van der Waals surface area contributed by atoms with E-state index < -0.39 is 0 Å². The number of furan rings is 1. The molecule has 0 radical (unpaired) electrons. The van der Waals surface area contributed by atoms with Crippen LogP contribution in [0.25, 0.3) is 21.7 Å². The lowest BCUT2D eigenvalue weighted by molar-refractivity contribution is 0.638. The van der Waals surface area contributed by atoms with E-state index in [0.717, 1.165) is 11.0 Å². The molecular formula is C12H9NO. The van der Waals surface area contributed by atoms with Crippen LogP contribution < -0.4 is 5.73 Å². The average molecular weight is 183 g/mol. The quantitative estimate of drug-likeness (QED) is 0.581. The van der Waals surface area contributed by atoms with Crippen LogP contribution in [0.2, 0.25) is 0 Å². The standard InChI is InChI=1S/C12H9NO/c13-12-7-10-5-8-3-1-2-4-9(8)6-11(10)14-12/h1-7H,13H2. The number of rotatable bonds is 0. The molecular weight excluding hydrogens is 174 g/mol. The molecule has 68 valence electrons. The van der Waals surface area contributed by atoms with Gasteiger partial charge in [0.1, 0.15) is 5.58 Å². The first-order valence-corrected chi connectivity index (χ1v) is 4.51. The van der Waals surface area contributed by atoms with Gasteiger partial charge in [-0.15, -0.1) is 0 Å². The maximum Gasteiger partial charge on any atom is 0.191 e. The van der Waals surface area contributed by atoms with Crippen LogP contribution >= 0.6 is 0 Å². The van der Waals surface area contributed by atoms with Gasteiger partial charge in [0.25, 0.3) is 0 Å². The molecule has 0 unspecified atom stereocenters. The highest BCUT2D eigenvalue weighted by molar-refractivity contribution is 5.96. The first-order valence-electron chi connectivity index (χ1n) is 4.51. The summed E-state index contributed by atoms with van der Waals surface area (Å²) in [5.74, 6) is 0.468. The van der Waals surface area contributed by atoms with Crippen molar-refractivity contribution in [2.75, 3.05) is 5.73 Å². The number of nitrogen functional groups attached to an aromatic ring is 1. The minimum absolute atomic E-state index is 0.468. The third kappa shape index (κ3) is 0.973. The van der Waals surface area contributed by atoms with Crippen LogP contribution in [-0.4, -0.2) is 0 Å². The topological polar surface area (TPSA) is 39.2 Å². The molecule has 2 nitrogen and oxygen atoms in total. The van der Waals surface area contributed by atoms with Gasteiger partial charge in [0, 0.05) is 11.5 Å². The predicted molar refractivity (Wildman–Crippen MR) is 58.1 cm³/mol. The molecule has 3 aromatic rings. The normalized spacial score (nSPS) is 11.1. The monoisotopic (exact) mass is 183 g/mol. The average Bonchev–Trinajstić information content (AvgIpc) is 2.53. The van der Waals surface area contributed by atoms with Crippen molar-refractivity contribution >= 4 is 27.6 Å². The molecule has 0 bridgehead atoms. The molecule has 0 saturated heterocycles. The second-order valence-corrected chi connectivity index (χ2v) is 3.39. The Morgan fingerprint density at radius 1 is 0.857 bits per heavy atom. The molecule has 2 heteroatoms. The Morgan fingerprint density at radius 3 is 2.36 bits per heavy atom. The Hall–Kier alpha value is -1.96. The Balaban J connectivity index is 2.51. The van der Waals surface area contributed by atoms with E-state index in [1.807, 2.05) is 24.3 Å². The second-order valence-electron chi connectivity index (χ2n) is 3.39. The van der Waals surface area contributed by atoms with Crippen LogP contribution in [-0.2, 0) is 0 Å². The van der Waals surface area contributed by atoms with Gasteiger partial charge in [0.05, 0.1) is 0 Å². The highest BCUT2D eigenvalue weighted by Gasteiger charge is 2.01. The molecule has 0 fully saturated rings. The SMILES string of the molecule is Nc1cc2cc3ccccc3cc2o1. The fraction of sp³-hybridized carbons (Fsp3) is 0. The molecule has 0 spiro atoms. The molecule has 0 aliphatic heterocycles. The minimum Gasteiger partial charge on any atom is -0.441 e.